The van der Waals surface area contributed by atoms with E-state index in [4.69, 9.17) is 0 Å². The van der Waals surface area contributed by atoms with Crippen LogP contribution in [0, 0.1) is 5.82 Å². The first kappa shape index (κ1) is 15.2. The molecule has 1 saturated heterocycles. The van der Waals surface area contributed by atoms with Gasteiger partial charge in [0.1, 0.15) is 5.82 Å². The lowest BCUT2D eigenvalue weighted by Crippen LogP contribution is -2.36. The normalized spacial score (nSPS) is 16.6. The van der Waals surface area contributed by atoms with Gasteiger partial charge in [-0.15, -0.1) is 0 Å². The smallest absolute Gasteiger partial charge is 0.254 e. The second-order valence-corrected chi connectivity index (χ2v) is 6.29. The summed E-state index contributed by atoms with van der Waals surface area (Å²) < 4.78 is 13.7. The third-order valence-corrected chi connectivity index (χ3v) is 4.79. The molecule has 1 fully saturated rings. The van der Waals surface area contributed by atoms with Crippen molar-refractivity contribution in [2.24, 2.45) is 0 Å². The zero-order valence-electron chi connectivity index (χ0n) is 12.3. The minimum atomic E-state index is -0.478. The number of nitrogens with zero attached hydrogens (tertiary/aromatic N) is 1. The van der Waals surface area contributed by atoms with E-state index in [-0.39, 0.29) is 17.5 Å². The summed E-state index contributed by atoms with van der Waals surface area (Å²) in [4.78, 5) is 14.6. The number of nitrogens with one attached hydrogen (secondary N) is 1. The van der Waals surface area contributed by atoms with Crippen LogP contribution >= 0.6 is 11.3 Å². The van der Waals surface area contributed by atoms with Crippen molar-refractivity contribution < 1.29 is 9.18 Å². The predicted molar refractivity (Wildman–Crippen MR) is 86.6 cm³/mol. The largest absolute Gasteiger partial charge is 0.350 e. The number of hydrogen-bond donors (Lipinski definition) is 1. The molecule has 0 bridgehead atoms. The lowest BCUT2D eigenvalue weighted by molar-refractivity contribution is 0.0934. The molecule has 1 aromatic carbocycles. The maximum absolute atomic E-state index is 13.7. The molecule has 0 saturated carbocycles. The molecular formula is C17H19FN2OS. The maximum Gasteiger partial charge on any atom is 0.254 e. The quantitative estimate of drug-likeness (QED) is 0.916. The molecule has 1 aromatic heterocycles. The summed E-state index contributed by atoms with van der Waals surface area (Å²) in [5, 5.41) is 7.07. The number of halogens is 1. The molecule has 1 amide bonds. The fourth-order valence-corrected chi connectivity index (χ4v) is 3.61. The molecule has 0 spiro atoms. The number of rotatable bonds is 5. The van der Waals surface area contributed by atoms with Gasteiger partial charge in [0.15, 0.2) is 0 Å². The monoisotopic (exact) mass is 318 g/mol. The van der Waals surface area contributed by atoms with Crippen LogP contribution < -0.4 is 5.32 Å². The van der Waals surface area contributed by atoms with Crippen molar-refractivity contribution in [1.82, 2.24) is 10.2 Å². The Bertz CT molecular complexity index is 623. The number of carbonyl (C=O) groups excluding carboxylic acids is 1. The minimum Gasteiger partial charge on any atom is -0.350 e. The van der Waals surface area contributed by atoms with Crippen LogP contribution in [0.4, 0.5) is 4.39 Å². The molecule has 3 rings (SSSR count). The van der Waals surface area contributed by atoms with Crippen LogP contribution in [0.5, 0.6) is 0 Å². The Kier molecular flexibility index (Phi) is 4.85. The van der Waals surface area contributed by atoms with E-state index in [0.717, 1.165) is 13.1 Å². The van der Waals surface area contributed by atoms with Gasteiger partial charge in [-0.05, 0) is 60.5 Å². The molecule has 2 aromatic rings. The number of benzene rings is 1. The van der Waals surface area contributed by atoms with Crippen LogP contribution in [0.25, 0.3) is 0 Å². The summed E-state index contributed by atoms with van der Waals surface area (Å²) in [6.07, 6.45) is 2.39. The maximum atomic E-state index is 13.7. The fourth-order valence-electron chi connectivity index (χ4n) is 2.91. The fraction of sp³-hybridized carbons (Fsp3) is 0.353. The van der Waals surface area contributed by atoms with Crippen molar-refractivity contribution in [3.8, 4) is 0 Å². The molecule has 3 nitrogen and oxygen atoms in total. The number of hydrogen-bond acceptors (Lipinski definition) is 3. The Balaban J connectivity index is 1.69. The first-order chi connectivity index (χ1) is 10.8. The van der Waals surface area contributed by atoms with Gasteiger partial charge in [-0.2, -0.15) is 11.3 Å². The second-order valence-electron chi connectivity index (χ2n) is 5.51. The lowest BCUT2D eigenvalue weighted by atomic mass is 10.1. The average molecular weight is 318 g/mol. The summed E-state index contributed by atoms with van der Waals surface area (Å²) >= 11 is 1.66. The molecular weight excluding hydrogens is 299 g/mol. The van der Waals surface area contributed by atoms with Crippen LogP contribution in [0.3, 0.4) is 0 Å². The van der Waals surface area contributed by atoms with Crippen molar-refractivity contribution >= 4 is 17.2 Å². The molecule has 1 N–H and O–H groups in total. The van der Waals surface area contributed by atoms with E-state index >= 15 is 0 Å². The summed E-state index contributed by atoms with van der Waals surface area (Å²) in [5.41, 5.74) is 1.33. The van der Waals surface area contributed by atoms with Gasteiger partial charge in [0.05, 0.1) is 11.6 Å². The molecule has 116 valence electrons. The number of thiophene rings is 1. The van der Waals surface area contributed by atoms with E-state index in [1.165, 1.54) is 30.5 Å². The highest BCUT2D eigenvalue weighted by Gasteiger charge is 2.24. The highest BCUT2D eigenvalue weighted by Crippen LogP contribution is 2.26. The van der Waals surface area contributed by atoms with Gasteiger partial charge in [-0.1, -0.05) is 12.1 Å². The zero-order valence-corrected chi connectivity index (χ0v) is 13.1. The van der Waals surface area contributed by atoms with E-state index < -0.39 is 5.82 Å². The molecule has 2 heterocycles. The number of likely N-dealkylation sites (tertiary alicyclic amines) is 1. The van der Waals surface area contributed by atoms with E-state index in [2.05, 4.69) is 27.0 Å². The minimum absolute atomic E-state index is 0.105. The molecule has 0 aliphatic carbocycles. The van der Waals surface area contributed by atoms with Crippen LogP contribution in [0.2, 0.25) is 0 Å². The van der Waals surface area contributed by atoms with Gasteiger partial charge < -0.3 is 5.32 Å². The number of amides is 1. The first-order valence-corrected chi connectivity index (χ1v) is 8.49. The SMILES string of the molecule is O=C(NC[C@@H](c1ccsc1)N1CCCC1)c1ccccc1F. The zero-order chi connectivity index (χ0) is 15.4. The van der Waals surface area contributed by atoms with E-state index in [1.54, 1.807) is 23.5 Å². The number of carbonyl (C=O) groups is 1. The Morgan fingerprint density at radius 1 is 1.27 bits per heavy atom. The topological polar surface area (TPSA) is 32.3 Å². The van der Waals surface area contributed by atoms with Crippen molar-refractivity contribution in [2.75, 3.05) is 19.6 Å². The summed E-state index contributed by atoms with van der Waals surface area (Å²) in [7, 11) is 0. The van der Waals surface area contributed by atoms with Gasteiger partial charge in [-0.3, -0.25) is 9.69 Å². The first-order valence-electron chi connectivity index (χ1n) is 7.54. The van der Waals surface area contributed by atoms with Gasteiger partial charge in [-0.25, -0.2) is 4.39 Å². The van der Waals surface area contributed by atoms with Crippen molar-refractivity contribution in [2.45, 2.75) is 18.9 Å². The third-order valence-electron chi connectivity index (χ3n) is 4.08. The lowest BCUT2D eigenvalue weighted by Gasteiger charge is -2.27. The summed E-state index contributed by atoms with van der Waals surface area (Å²) in [5.74, 6) is -0.828. The van der Waals surface area contributed by atoms with E-state index in [1.807, 2.05) is 0 Å². The standard InChI is InChI=1S/C17H19FN2OS/c18-15-6-2-1-5-14(15)17(21)19-11-16(13-7-10-22-12-13)20-8-3-4-9-20/h1-2,5-7,10,12,16H,3-4,8-9,11H2,(H,19,21)/t16-/m0/s1. The Hall–Kier alpha value is -1.72. The second kappa shape index (κ2) is 7.03. The van der Waals surface area contributed by atoms with Gasteiger partial charge in [0, 0.05) is 6.54 Å². The Labute approximate surface area is 133 Å². The Morgan fingerprint density at radius 3 is 2.73 bits per heavy atom. The van der Waals surface area contributed by atoms with Crippen molar-refractivity contribution in [3.63, 3.8) is 0 Å². The molecule has 1 aliphatic heterocycles. The van der Waals surface area contributed by atoms with Crippen LogP contribution in [0.1, 0.15) is 34.8 Å². The summed E-state index contributed by atoms with van der Waals surface area (Å²) in [6, 6.07) is 8.36. The highest BCUT2D eigenvalue weighted by atomic mass is 32.1. The summed E-state index contributed by atoms with van der Waals surface area (Å²) in [6.45, 7) is 2.61. The van der Waals surface area contributed by atoms with Crippen LogP contribution in [-0.2, 0) is 0 Å². The molecule has 1 atom stereocenters. The third kappa shape index (κ3) is 3.36. The highest BCUT2D eigenvalue weighted by molar-refractivity contribution is 7.07. The van der Waals surface area contributed by atoms with E-state index in [9.17, 15) is 9.18 Å². The molecule has 5 heteroatoms. The molecule has 0 radical (unpaired) electrons. The average Bonchev–Trinajstić information content (AvgIpc) is 3.21. The van der Waals surface area contributed by atoms with Crippen molar-refractivity contribution in [1.29, 1.82) is 0 Å². The predicted octanol–water partition coefficient (Wildman–Crippen LogP) is 3.45. The van der Waals surface area contributed by atoms with Crippen LogP contribution in [0.15, 0.2) is 41.1 Å². The van der Waals surface area contributed by atoms with Gasteiger partial charge in [0.25, 0.3) is 5.91 Å². The van der Waals surface area contributed by atoms with E-state index in [0.29, 0.717) is 6.54 Å². The van der Waals surface area contributed by atoms with Crippen LogP contribution in [-0.4, -0.2) is 30.4 Å². The van der Waals surface area contributed by atoms with Crippen molar-refractivity contribution in [3.05, 3.63) is 58.0 Å². The molecule has 22 heavy (non-hydrogen) atoms. The Morgan fingerprint density at radius 2 is 2.05 bits per heavy atom. The molecule has 1 aliphatic rings. The molecule has 0 unspecified atom stereocenters. The van der Waals surface area contributed by atoms with Gasteiger partial charge in [0.2, 0.25) is 0 Å². The van der Waals surface area contributed by atoms with Gasteiger partial charge >= 0.3 is 0 Å².